The molecule has 3 N–H and O–H groups in total. The number of methoxy groups -OCH3 is 2. The van der Waals surface area contributed by atoms with Crippen LogP contribution in [0.2, 0.25) is 0 Å². The Morgan fingerprint density at radius 2 is 1.79 bits per heavy atom. The maximum atomic E-state index is 9.53. The number of hydrogen-bond acceptors (Lipinski definition) is 6. The average molecular weight is 208 g/mol. The van der Waals surface area contributed by atoms with Gasteiger partial charge in [-0.05, 0) is 0 Å². The Labute approximate surface area is 82.0 Å². The molecule has 1 saturated heterocycles. The van der Waals surface area contributed by atoms with E-state index in [9.17, 15) is 15.3 Å². The third kappa shape index (κ3) is 2.22. The van der Waals surface area contributed by atoms with Crippen molar-refractivity contribution in [3.63, 3.8) is 0 Å². The van der Waals surface area contributed by atoms with Crippen LogP contribution in [0.5, 0.6) is 0 Å². The number of ether oxygens (including phenoxy) is 3. The molecule has 1 fully saturated rings. The van der Waals surface area contributed by atoms with Crippen LogP contribution in [0.3, 0.4) is 0 Å². The van der Waals surface area contributed by atoms with Gasteiger partial charge in [0.25, 0.3) is 0 Å². The molecule has 0 aliphatic carbocycles. The number of aliphatic hydroxyl groups excluding tert-OH is 3. The summed E-state index contributed by atoms with van der Waals surface area (Å²) < 4.78 is 14.8. The summed E-state index contributed by atoms with van der Waals surface area (Å²) in [6.07, 6.45) is -5.22. The van der Waals surface area contributed by atoms with Crippen molar-refractivity contribution in [3.8, 4) is 0 Å². The molecule has 84 valence electrons. The lowest BCUT2D eigenvalue weighted by Crippen LogP contribution is -2.59. The molecule has 0 spiro atoms. The van der Waals surface area contributed by atoms with Crippen LogP contribution in [0.1, 0.15) is 0 Å². The lowest BCUT2D eigenvalue weighted by molar-refractivity contribution is -0.291. The minimum Gasteiger partial charge on any atom is -0.387 e. The molecule has 0 radical (unpaired) electrons. The van der Waals surface area contributed by atoms with Crippen molar-refractivity contribution in [2.24, 2.45) is 0 Å². The lowest BCUT2D eigenvalue weighted by Gasteiger charge is -2.39. The van der Waals surface area contributed by atoms with E-state index >= 15 is 0 Å². The Kier molecular flexibility index (Phi) is 4.24. The van der Waals surface area contributed by atoms with Gasteiger partial charge in [-0.3, -0.25) is 0 Å². The Bertz CT molecular complexity index is 175. The van der Waals surface area contributed by atoms with Crippen molar-refractivity contribution < 1.29 is 29.5 Å². The molecule has 1 unspecified atom stereocenters. The molecule has 0 amide bonds. The first-order chi connectivity index (χ1) is 6.61. The molecular formula is C8H16O6. The Morgan fingerprint density at radius 3 is 2.29 bits per heavy atom. The summed E-state index contributed by atoms with van der Waals surface area (Å²) >= 11 is 0. The Morgan fingerprint density at radius 1 is 1.14 bits per heavy atom. The molecule has 5 atom stereocenters. The van der Waals surface area contributed by atoms with E-state index in [0.717, 1.165) is 0 Å². The second kappa shape index (κ2) is 5.01. The van der Waals surface area contributed by atoms with E-state index in [0.29, 0.717) is 0 Å². The Hall–Kier alpha value is -0.240. The number of aliphatic hydroxyl groups is 3. The summed E-state index contributed by atoms with van der Waals surface area (Å²) in [7, 11) is 2.87. The van der Waals surface area contributed by atoms with Crippen molar-refractivity contribution in [1.29, 1.82) is 0 Å². The van der Waals surface area contributed by atoms with E-state index < -0.39 is 30.7 Å². The highest BCUT2D eigenvalue weighted by molar-refractivity contribution is 4.89. The molecule has 1 aliphatic rings. The van der Waals surface area contributed by atoms with Gasteiger partial charge in [-0.2, -0.15) is 0 Å². The average Bonchev–Trinajstić information content (AvgIpc) is 2.16. The van der Waals surface area contributed by atoms with Crippen molar-refractivity contribution >= 4 is 0 Å². The maximum Gasteiger partial charge on any atom is 0.184 e. The SMILES string of the molecule is COC[C@H]1OC(O)[C@@H](O)[C@@H](O)[C@@H]1OC. The van der Waals surface area contributed by atoms with Crippen LogP contribution in [0.25, 0.3) is 0 Å². The first kappa shape index (κ1) is 11.8. The molecular weight excluding hydrogens is 192 g/mol. The zero-order valence-corrected chi connectivity index (χ0v) is 8.16. The van der Waals surface area contributed by atoms with Gasteiger partial charge in [-0.15, -0.1) is 0 Å². The van der Waals surface area contributed by atoms with Gasteiger partial charge in [0.05, 0.1) is 6.61 Å². The third-order valence-corrected chi connectivity index (χ3v) is 2.26. The molecule has 0 aromatic carbocycles. The summed E-state index contributed by atoms with van der Waals surface area (Å²) in [5.74, 6) is 0. The zero-order valence-electron chi connectivity index (χ0n) is 8.16. The largest absolute Gasteiger partial charge is 0.387 e. The maximum absolute atomic E-state index is 9.53. The summed E-state index contributed by atoms with van der Waals surface area (Å²) in [6.45, 7) is 0.180. The van der Waals surface area contributed by atoms with E-state index in [4.69, 9.17) is 14.2 Å². The van der Waals surface area contributed by atoms with Gasteiger partial charge in [0, 0.05) is 14.2 Å². The van der Waals surface area contributed by atoms with Gasteiger partial charge < -0.3 is 29.5 Å². The highest BCUT2D eigenvalue weighted by atomic mass is 16.7. The van der Waals surface area contributed by atoms with E-state index in [1.807, 2.05) is 0 Å². The molecule has 0 aromatic heterocycles. The van der Waals surface area contributed by atoms with Crippen LogP contribution in [0.15, 0.2) is 0 Å². The van der Waals surface area contributed by atoms with Crippen LogP contribution < -0.4 is 0 Å². The second-order valence-electron chi connectivity index (χ2n) is 3.20. The highest BCUT2D eigenvalue weighted by Crippen LogP contribution is 2.21. The smallest absolute Gasteiger partial charge is 0.184 e. The van der Waals surface area contributed by atoms with Crippen molar-refractivity contribution in [2.75, 3.05) is 20.8 Å². The summed E-state index contributed by atoms with van der Waals surface area (Å²) in [4.78, 5) is 0. The van der Waals surface area contributed by atoms with Crippen LogP contribution in [0, 0.1) is 0 Å². The molecule has 0 aromatic rings. The standard InChI is InChI=1S/C8H16O6/c1-12-3-4-7(13-2)5(9)6(10)8(11)14-4/h4-11H,3H2,1-2H3/t4-,5-,6+,7-,8?/m1/s1. The monoisotopic (exact) mass is 208 g/mol. The predicted octanol–water partition coefficient (Wildman–Crippen LogP) is -1.91. The molecule has 1 rings (SSSR count). The molecule has 6 heteroatoms. The van der Waals surface area contributed by atoms with Gasteiger partial charge in [-0.25, -0.2) is 0 Å². The second-order valence-corrected chi connectivity index (χ2v) is 3.20. The molecule has 0 saturated carbocycles. The normalized spacial score (nSPS) is 43.9. The summed E-state index contributed by atoms with van der Waals surface area (Å²) in [5.41, 5.74) is 0. The first-order valence-electron chi connectivity index (χ1n) is 4.33. The topological polar surface area (TPSA) is 88.4 Å². The molecule has 1 heterocycles. The van der Waals surface area contributed by atoms with Gasteiger partial charge in [-0.1, -0.05) is 0 Å². The number of rotatable bonds is 3. The zero-order chi connectivity index (χ0) is 10.7. The van der Waals surface area contributed by atoms with Gasteiger partial charge in [0.2, 0.25) is 0 Å². The third-order valence-electron chi connectivity index (χ3n) is 2.26. The van der Waals surface area contributed by atoms with E-state index in [1.54, 1.807) is 0 Å². The molecule has 6 nitrogen and oxygen atoms in total. The van der Waals surface area contributed by atoms with Gasteiger partial charge in [0.1, 0.15) is 24.4 Å². The quantitative estimate of drug-likeness (QED) is 0.501. The molecule has 14 heavy (non-hydrogen) atoms. The minimum atomic E-state index is -1.41. The van der Waals surface area contributed by atoms with Crippen molar-refractivity contribution in [2.45, 2.75) is 30.7 Å². The fraction of sp³-hybridized carbons (Fsp3) is 1.00. The van der Waals surface area contributed by atoms with Crippen LogP contribution >= 0.6 is 0 Å². The molecule has 1 aliphatic heterocycles. The fourth-order valence-electron chi connectivity index (χ4n) is 1.51. The summed E-state index contributed by atoms with van der Waals surface area (Å²) in [6, 6.07) is 0. The van der Waals surface area contributed by atoms with E-state index in [-0.39, 0.29) is 6.61 Å². The van der Waals surface area contributed by atoms with Crippen LogP contribution in [0.4, 0.5) is 0 Å². The van der Waals surface area contributed by atoms with Gasteiger partial charge >= 0.3 is 0 Å². The first-order valence-corrected chi connectivity index (χ1v) is 4.33. The lowest BCUT2D eigenvalue weighted by atomic mass is 9.99. The fourth-order valence-corrected chi connectivity index (χ4v) is 1.51. The Balaban J connectivity index is 2.66. The predicted molar refractivity (Wildman–Crippen MR) is 45.6 cm³/mol. The minimum absolute atomic E-state index is 0.180. The van der Waals surface area contributed by atoms with Gasteiger partial charge in [0.15, 0.2) is 6.29 Å². The van der Waals surface area contributed by atoms with Crippen molar-refractivity contribution in [3.05, 3.63) is 0 Å². The van der Waals surface area contributed by atoms with Crippen molar-refractivity contribution in [1.82, 2.24) is 0 Å². The van der Waals surface area contributed by atoms with E-state index in [1.165, 1.54) is 14.2 Å². The van der Waals surface area contributed by atoms with E-state index in [2.05, 4.69) is 0 Å². The highest BCUT2D eigenvalue weighted by Gasteiger charge is 2.43. The van der Waals surface area contributed by atoms with Crippen LogP contribution in [-0.4, -0.2) is 66.9 Å². The number of hydrogen-bond donors (Lipinski definition) is 3. The molecule has 0 bridgehead atoms. The van der Waals surface area contributed by atoms with Crippen LogP contribution in [-0.2, 0) is 14.2 Å². The summed E-state index contributed by atoms with van der Waals surface area (Å²) in [5, 5.41) is 28.0.